The number of hydrogen-bond donors (Lipinski definition) is 0. The Labute approximate surface area is 144 Å². The molecule has 2 aliphatic heterocycles. The molecule has 1 spiro atoms. The van der Waals surface area contributed by atoms with E-state index in [1.807, 2.05) is 40.5 Å². The molecular weight excluding hydrogens is 320 g/mol. The van der Waals surface area contributed by atoms with Gasteiger partial charge in [-0.1, -0.05) is 0 Å². The van der Waals surface area contributed by atoms with E-state index in [0.29, 0.717) is 0 Å². The number of rotatable bonds is 2. The Morgan fingerprint density at radius 2 is 2.21 bits per heavy atom. The van der Waals surface area contributed by atoms with Crippen LogP contribution >= 0.6 is 11.3 Å². The average molecular weight is 340 g/mol. The van der Waals surface area contributed by atoms with Crippen molar-refractivity contribution in [2.45, 2.75) is 31.4 Å². The van der Waals surface area contributed by atoms with Crippen LogP contribution in [0.25, 0.3) is 5.65 Å². The van der Waals surface area contributed by atoms with Gasteiger partial charge in [0.2, 0.25) is 0 Å². The predicted molar refractivity (Wildman–Crippen MR) is 93.2 cm³/mol. The van der Waals surface area contributed by atoms with E-state index in [9.17, 15) is 0 Å². The zero-order valence-corrected chi connectivity index (χ0v) is 14.3. The van der Waals surface area contributed by atoms with Gasteiger partial charge in [0, 0.05) is 48.9 Å². The molecule has 0 amide bonds. The van der Waals surface area contributed by atoms with Crippen molar-refractivity contribution in [1.82, 2.24) is 19.5 Å². The maximum atomic E-state index is 6.30. The zero-order chi connectivity index (χ0) is 16.0. The van der Waals surface area contributed by atoms with Gasteiger partial charge in [-0.25, -0.2) is 9.50 Å². The Bertz CT molecular complexity index is 863. The first-order valence-corrected chi connectivity index (χ1v) is 9.42. The second-order valence-corrected chi connectivity index (χ2v) is 7.68. The van der Waals surface area contributed by atoms with Crippen molar-refractivity contribution in [3.8, 4) is 0 Å². The van der Waals surface area contributed by atoms with Crippen LogP contribution in [0.3, 0.4) is 0 Å². The third kappa shape index (κ3) is 2.29. The molecule has 0 unspecified atom stereocenters. The van der Waals surface area contributed by atoms with E-state index < -0.39 is 0 Å². The van der Waals surface area contributed by atoms with Gasteiger partial charge in [-0.15, -0.1) is 11.3 Å². The maximum Gasteiger partial charge on any atom is 0.159 e. The summed E-state index contributed by atoms with van der Waals surface area (Å²) in [7, 11) is 0. The summed E-state index contributed by atoms with van der Waals surface area (Å²) in [5.41, 5.74) is 3.58. The third-order valence-corrected chi connectivity index (χ3v) is 6.33. The number of aromatic nitrogens is 3. The van der Waals surface area contributed by atoms with E-state index in [0.717, 1.165) is 51.2 Å². The minimum Gasteiger partial charge on any atom is -0.370 e. The molecule has 3 aromatic rings. The van der Waals surface area contributed by atoms with Crippen LogP contribution in [-0.2, 0) is 23.3 Å². The quantitative estimate of drug-likeness (QED) is 0.719. The summed E-state index contributed by atoms with van der Waals surface area (Å²) in [5.74, 6) is 0. The van der Waals surface area contributed by atoms with Crippen molar-refractivity contribution in [2.24, 2.45) is 0 Å². The van der Waals surface area contributed by atoms with Crippen molar-refractivity contribution < 1.29 is 4.74 Å². The third-order valence-electron chi connectivity index (χ3n) is 5.35. The second-order valence-electron chi connectivity index (χ2n) is 6.68. The summed E-state index contributed by atoms with van der Waals surface area (Å²) in [6.45, 7) is 3.89. The van der Waals surface area contributed by atoms with Crippen LogP contribution in [0.4, 0.5) is 0 Å². The Balaban J connectivity index is 1.33. The molecule has 1 saturated heterocycles. The van der Waals surface area contributed by atoms with Crippen LogP contribution < -0.4 is 0 Å². The summed E-state index contributed by atoms with van der Waals surface area (Å²) in [4.78, 5) is 8.49. The highest BCUT2D eigenvalue weighted by Crippen LogP contribution is 2.43. The SMILES string of the molecule is c1cnc2c(CN3CCC4(CC3)OCCc3sccc34)cnn2c1. The molecule has 3 aromatic heterocycles. The first kappa shape index (κ1) is 14.6. The molecule has 0 N–H and O–H groups in total. The molecule has 1 fully saturated rings. The first-order valence-electron chi connectivity index (χ1n) is 8.54. The Kier molecular flexibility index (Phi) is 3.43. The van der Waals surface area contributed by atoms with Gasteiger partial charge in [0.15, 0.2) is 5.65 Å². The van der Waals surface area contributed by atoms with E-state index in [2.05, 4.69) is 26.4 Å². The number of ether oxygens (including phenoxy) is 1. The molecule has 5 heterocycles. The van der Waals surface area contributed by atoms with Crippen LogP contribution in [0.1, 0.15) is 28.8 Å². The smallest absolute Gasteiger partial charge is 0.159 e. The lowest BCUT2D eigenvalue weighted by molar-refractivity contribution is -0.0980. The van der Waals surface area contributed by atoms with Gasteiger partial charge in [0.05, 0.1) is 18.4 Å². The highest BCUT2D eigenvalue weighted by molar-refractivity contribution is 7.10. The van der Waals surface area contributed by atoms with E-state index in [1.165, 1.54) is 16.0 Å². The van der Waals surface area contributed by atoms with Gasteiger partial charge in [-0.3, -0.25) is 4.90 Å². The van der Waals surface area contributed by atoms with E-state index in [4.69, 9.17) is 4.74 Å². The molecule has 6 heteroatoms. The van der Waals surface area contributed by atoms with E-state index >= 15 is 0 Å². The van der Waals surface area contributed by atoms with Crippen LogP contribution in [0, 0.1) is 0 Å². The average Bonchev–Trinajstić information content (AvgIpc) is 3.26. The van der Waals surface area contributed by atoms with Crippen LogP contribution in [0.2, 0.25) is 0 Å². The standard InChI is InChI=1S/C18H20N4OS/c1-6-19-17-14(12-20-22(17)7-1)13-21-8-4-18(5-9-21)15-3-11-24-16(15)2-10-23-18/h1,3,6-7,11-12H,2,4-5,8-10,13H2. The molecule has 0 bridgehead atoms. The summed E-state index contributed by atoms with van der Waals surface area (Å²) in [5, 5.41) is 6.61. The molecule has 2 aliphatic rings. The largest absolute Gasteiger partial charge is 0.370 e. The summed E-state index contributed by atoms with van der Waals surface area (Å²) >= 11 is 1.89. The monoisotopic (exact) mass is 340 g/mol. The van der Waals surface area contributed by atoms with Gasteiger partial charge in [-0.05, 0) is 35.9 Å². The van der Waals surface area contributed by atoms with Crippen molar-refractivity contribution in [2.75, 3.05) is 19.7 Å². The number of nitrogens with zero attached hydrogens (tertiary/aromatic N) is 4. The van der Waals surface area contributed by atoms with Gasteiger partial charge < -0.3 is 4.74 Å². The zero-order valence-electron chi connectivity index (χ0n) is 13.5. The minimum absolute atomic E-state index is 0.0383. The summed E-state index contributed by atoms with van der Waals surface area (Å²) in [6.07, 6.45) is 8.95. The molecular formula is C18H20N4OS. The molecule has 5 rings (SSSR count). The highest BCUT2D eigenvalue weighted by atomic mass is 32.1. The first-order chi connectivity index (χ1) is 11.8. The summed E-state index contributed by atoms with van der Waals surface area (Å²) < 4.78 is 8.15. The van der Waals surface area contributed by atoms with Gasteiger partial charge in [0.25, 0.3) is 0 Å². The van der Waals surface area contributed by atoms with Gasteiger partial charge in [0.1, 0.15) is 0 Å². The van der Waals surface area contributed by atoms with Crippen molar-refractivity contribution in [3.05, 3.63) is 52.1 Å². The molecule has 24 heavy (non-hydrogen) atoms. The lowest BCUT2D eigenvalue weighted by Crippen LogP contribution is -2.45. The second kappa shape index (κ2) is 5.65. The normalized spacial score (nSPS) is 20.5. The molecule has 0 atom stereocenters. The molecule has 124 valence electrons. The molecule has 5 nitrogen and oxygen atoms in total. The van der Waals surface area contributed by atoms with Crippen molar-refractivity contribution >= 4 is 17.0 Å². The van der Waals surface area contributed by atoms with E-state index in [-0.39, 0.29) is 5.60 Å². The fourth-order valence-electron chi connectivity index (χ4n) is 4.07. The Hall–Kier alpha value is -1.76. The van der Waals surface area contributed by atoms with Crippen LogP contribution in [0.5, 0.6) is 0 Å². The number of thiophene rings is 1. The van der Waals surface area contributed by atoms with Gasteiger partial charge >= 0.3 is 0 Å². The Morgan fingerprint density at radius 1 is 1.29 bits per heavy atom. The van der Waals surface area contributed by atoms with Crippen LogP contribution in [-0.4, -0.2) is 39.2 Å². The Morgan fingerprint density at radius 3 is 3.12 bits per heavy atom. The van der Waals surface area contributed by atoms with Crippen molar-refractivity contribution in [3.63, 3.8) is 0 Å². The molecule has 0 saturated carbocycles. The fraction of sp³-hybridized carbons (Fsp3) is 0.444. The number of piperidine rings is 1. The fourth-order valence-corrected chi connectivity index (χ4v) is 5.02. The highest BCUT2D eigenvalue weighted by Gasteiger charge is 2.41. The maximum absolute atomic E-state index is 6.30. The lowest BCUT2D eigenvalue weighted by atomic mass is 9.82. The van der Waals surface area contributed by atoms with Crippen LogP contribution in [0.15, 0.2) is 36.1 Å². The minimum atomic E-state index is -0.0383. The van der Waals surface area contributed by atoms with Gasteiger partial charge in [-0.2, -0.15) is 5.10 Å². The van der Waals surface area contributed by atoms with Crippen molar-refractivity contribution in [1.29, 1.82) is 0 Å². The molecule has 0 radical (unpaired) electrons. The number of hydrogen-bond acceptors (Lipinski definition) is 5. The molecule has 0 aromatic carbocycles. The predicted octanol–water partition coefficient (Wildman–Crippen LogP) is 2.85. The number of likely N-dealkylation sites (tertiary alicyclic amines) is 1. The van der Waals surface area contributed by atoms with E-state index in [1.54, 1.807) is 0 Å². The lowest BCUT2D eigenvalue weighted by Gasteiger charge is -2.44. The number of fused-ring (bicyclic) bond motifs is 3. The summed E-state index contributed by atoms with van der Waals surface area (Å²) in [6, 6.07) is 4.19. The topological polar surface area (TPSA) is 42.7 Å². The molecule has 0 aliphatic carbocycles.